The van der Waals surface area contributed by atoms with Crippen molar-refractivity contribution >= 4 is 40.7 Å². The molecule has 2 N–H and O–H groups in total. The van der Waals surface area contributed by atoms with Gasteiger partial charge in [-0.3, -0.25) is 0 Å². The second-order valence-electron chi connectivity index (χ2n) is 5.56. The molecule has 0 atom stereocenters. The Kier molecular flexibility index (Phi) is 17.2. The van der Waals surface area contributed by atoms with Crippen LogP contribution in [0.4, 0.5) is 0 Å². The van der Waals surface area contributed by atoms with Gasteiger partial charge < -0.3 is 9.11 Å². The van der Waals surface area contributed by atoms with E-state index in [1.807, 2.05) is 0 Å². The van der Waals surface area contributed by atoms with E-state index in [2.05, 4.69) is 0 Å². The molecule has 0 unspecified atom stereocenters. The minimum absolute atomic E-state index is 0. The van der Waals surface area contributed by atoms with Crippen LogP contribution in [-0.4, -0.2) is 42.8 Å². The summed E-state index contributed by atoms with van der Waals surface area (Å²) in [5.74, 6) is -1.09. The fourth-order valence-electron chi connectivity index (χ4n) is 1.96. The van der Waals surface area contributed by atoms with Crippen LogP contribution in [-0.2, 0) is 52.2 Å². The van der Waals surface area contributed by atoms with E-state index in [0.29, 0.717) is 11.1 Å². The molecule has 2 rings (SSSR count). The predicted molar refractivity (Wildman–Crippen MR) is 104 cm³/mol. The molecule has 0 saturated heterocycles. The first-order chi connectivity index (χ1) is 13.6. The molecular formula is C14H16K2N2O10S4. The van der Waals surface area contributed by atoms with Crippen molar-refractivity contribution in [2.75, 3.05) is 0 Å². The number of hydrogen-bond donors (Lipinski definition) is 2. The number of nitrogens with one attached hydrogen (secondary N) is 2. The van der Waals surface area contributed by atoms with Crippen LogP contribution in [0.2, 0.25) is 0 Å². The van der Waals surface area contributed by atoms with E-state index in [1.165, 1.54) is 24.3 Å². The van der Waals surface area contributed by atoms with Gasteiger partial charge in [-0.15, -0.1) is 8.25 Å². The van der Waals surface area contributed by atoms with Gasteiger partial charge in [0.05, 0.1) is 11.5 Å². The van der Waals surface area contributed by atoms with Crippen molar-refractivity contribution in [2.24, 2.45) is 0 Å². The number of sulfonamides is 2. The molecule has 0 aliphatic carbocycles. The third-order valence-electron chi connectivity index (χ3n) is 2.86. The molecule has 0 aromatic heterocycles. The van der Waals surface area contributed by atoms with Gasteiger partial charge in [-0.05, 0) is 11.1 Å². The van der Waals surface area contributed by atoms with Crippen LogP contribution in [0.3, 0.4) is 0 Å². The molecule has 32 heavy (non-hydrogen) atoms. The summed E-state index contributed by atoms with van der Waals surface area (Å²) in [6.07, 6.45) is 0. The first-order valence-corrected chi connectivity index (χ1v) is 13.7. The van der Waals surface area contributed by atoms with Crippen molar-refractivity contribution in [1.29, 1.82) is 0 Å². The zero-order chi connectivity index (χ0) is 23.1. The minimum Gasteiger partial charge on any atom is -0.735 e. The second kappa shape index (κ2) is 15.5. The maximum absolute atomic E-state index is 11.1. The molecule has 0 spiro atoms. The quantitative estimate of drug-likeness (QED) is 0.223. The van der Waals surface area contributed by atoms with Gasteiger partial charge in [0.2, 0.25) is 20.0 Å². The van der Waals surface area contributed by atoms with Crippen molar-refractivity contribution in [2.45, 2.75) is 11.5 Å². The summed E-state index contributed by atoms with van der Waals surface area (Å²) >= 11 is 0. The molecule has 0 amide bonds. The molecule has 2 aromatic carbocycles. The van der Waals surface area contributed by atoms with Crippen molar-refractivity contribution in [3.8, 4) is 0 Å². The Morgan fingerprint density at radius 3 is 1.00 bits per heavy atom. The smallest absolute Gasteiger partial charge is 0.735 e. The first-order valence-electron chi connectivity index (χ1n) is 7.59. The van der Waals surface area contributed by atoms with Gasteiger partial charge in [-0.1, -0.05) is 60.7 Å². The summed E-state index contributed by atoms with van der Waals surface area (Å²) in [5, 5.41) is 0. The van der Waals surface area contributed by atoms with Crippen LogP contribution in [0.15, 0.2) is 60.7 Å². The fourth-order valence-corrected chi connectivity index (χ4v) is 6.18. The van der Waals surface area contributed by atoms with E-state index in [1.54, 1.807) is 36.4 Å². The van der Waals surface area contributed by atoms with E-state index < -0.39 is 52.2 Å². The molecule has 18 heteroatoms. The van der Waals surface area contributed by atoms with Crippen molar-refractivity contribution in [3.63, 3.8) is 0 Å². The summed E-state index contributed by atoms with van der Waals surface area (Å²) in [5.41, 5.74) is 0.794. The topological polar surface area (TPSA) is 207 Å². The largest absolute Gasteiger partial charge is 1.00 e. The van der Waals surface area contributed by atoms with Crippen LogP contribution >= 0.6 is 0 Å². The second-order valence-corrected chi connectivity index (χ2v) is 11.8. The van der Waals surface area contributed by atoms with Crippen LogP contribution < -0.4 is 111 Å². The zero-order valence-electron chi connectivity index (χ0n) is 16.9. The van der Waals surface area contributed by atoms with E-state index in [4.69, 9.17) is 0 Å². The zero-order valence-corrected chi connectivity index (χ0v) is 26.4. The number of benzene rings is 2. The van der Waals surface area contributed by atoms with Gasteiger partial charge in [0.25, 0.3) is 0 Å². The molecule has 0 aliphatic heterocycles. The Labute approximate surface area is 272 Å². The van der Waals surface area contributed by atoms with Crippen molar-refractivity contribution in [3.05, 3.63) is 71.8 Å². The molecule has 0 aliphatic rings. The standard InChI is InChI=1S/2C7H9NO5S2.2K/c2*9-14(10,8-15(11,12)13)6-7-4-2-1-3-5-7;;/h2*1-5,8H,6H2,(H,11,12,13);;/q;;2*+1/p-2. The third-order valence-corrected chi connectivity index (χ3v) is 7.95. The molecule has 0 saturated carbocycles. The van der Waals surface area contributed by atoms with Crippen LogP contribution in [0.25, 0.3) is 0 Å². The fraction of sp³-hybridized carbons (Fsp3) is 0.143. The number of rotatable bonds is 8. The van der Waals surface area contributed by atoms with Crippen LogP contribution in [0.1, 0.15) is 11.1 Å². The Morgan fingerprint density at radius 1 is 0.531 bits per heavy atom. The normalized spacial score (nSPS) is 11.8. The van der Waals surface area contributed by atoms with Gasteiger partial charge in [-0.2, -0.15) is 0 Å². The van der Waals surface area contributed by atoms with Gasteiger partial charge in [0.1, 0.15) is 0 Å². The summed E-state index contributed by atoms with van der Waals surface area (Å²) < 4.78 is 108. The van der Waals surface area contributed by atoms with E-state index in [9.17, 15) is 42.8 Å². The molecule has 0 heterocycles. The van der Waals surface area contributed by atoms with E-state index in [-0.39, 0.29) is 103 Å². The predicted octanol–water partition coefficient (Wildman–Crippen LogP) is -6.86. The van der Waals surface area contributed by atoms with Crippen molar-refractivity contribution in [1.82, 2.24) is 8.25 Å². The first kappa shape index (κ1) is 35.5. The number of hydrogen-bond acceptors (Lipinski definition) is 10. The maximum atomic E-state index is 11.1. The molecule has 168 valence electrons. The van der Waals surface area contributed by atoms with Crippen molar-refractivity contribution < 1.29 is 146 Å². The molecule has 0 radical (unpaired) electrons. The molecule has 2 aromatic rings. The summed E-state index contributed by atoms with van der Waals surface area (Å²) in [7, 11) is -18.3. The molecule has 0 bridgehead atoms. The average Bonchev–Trinajstić information content (AvgIpc) is 2.51. The van der Waals surface area contributed by atoms with Gasteiger partial charge in [0.15, 0.2) is 20.6 Å². The molecule has 12 nitrogen and oxygen atoms in total. The van der Waals surface area contributed by atoms with Crippen LogP contribution in [0, 0.1) is 0 Å². The van der Waals surface area contributed by atoms with Gasteiger partial charge in [-0.25, -0.2) is 33.7 Å². The van der Waals surface area contributed by atoms with E-state index in [0.717, 1.165) is 8.25 Å². The summed E-state index contributed by atoms with van der Waals surface area (Å²) in [4.78, 5) is 0. The Bertz CT molecular complexity index is 1150. The Balaban J connectivity index is 0. The van der Waals surface area contributed by atoms with Crippen LogP contribution in [0.5, 0.6) is 0 Å². The average molecular weight is 579 g/mol. The Hall–Kier alpha value is 1.35. The molecule has 0 fully saturated rings. The minimum atomic E-state index is -4.99. The van der Waals surface area contributed by atoms with Gasteiger partial charge >= 0.3 is 103 Å². The maximum Gasteiger partial charge on any atom is 1.00 e. The van der Waals surface area contributed by atoms with Gasteiger partial charge in [0, 0.05) is 0 Å². The SMILES string of the molecule is O=S(=O)([O-])NS(=O)(=O)Cc1ccccc1.O=S(=O)([O-])NS(=O)(=O)Cc1ccccc1.[K+].[K+]. The summed E-state index contributed by atoms with van der Waals surface area (Å²) in [6.45, 7) is 0. The molecular weight excluding hydrogens is 563 g/mol. The van der Waals surface area contributed by atoms with E-state index >= 15 is 0 Å². The monoisotopic (exact) mass is 578 g/mol. The Morgan fingerprint density at radius 2 is 0.781 bits per heavy atom. The third kappa shape index (κ3) is 18.7. The summed E-state index contributed by atoms with van der Waals surface area (Å²) in [6, 6.07) is 15.8.